The number of hydrogen-bond donors (Lipinski definition) is 1. The molecule has 1 saturated carbocycles. The molecule has 1 aliphatic carbocycles. The summed E-state index contributed by atoms with van der Waals surface area (Å²) in [4.78, 5) is 24.2. The van der Waals surface area contributed by atoms with Crippen molar-refractivity contribution in [2.75, 3.05) is 13.1 Å². The third-order valence-electron chi connectivity index (χ3n) is 3.62. The van der Waals surface area contributed by atoms with Gasteiger partial charge >= 0.3 is 5.97 Å². The maximum absolute atomic E-state index is 11.8. The molecule has 1 heterocycles. The minimum absolute atomic E-state index is 0.265. The van der Waals surface area contributed by atoms with Crippen molar-refractivity contribution in [2.45, 2.75) is 38.5 Å². The number of carbonyl (C=O) groups excluding carboxylic acids is 1. The molecule has 1 aliphatic heterocycles. The number of amides is 1. The Bertz CT molecular complexity index is 278. The first kappa shape index (κ1) is 11.4. The average molecular weight is 225 g/mol. The third kappa shape index (κ3) is 2.97. The first-order valence-electron chi connectivity index (χ1n) is 6.17. The molecule has 0 bridgehead atoms. The average Bonchev–Trinajstić information content (AvgIpc) is 3.10. The number of hydrogen-bond acceptors (Lipinski definition) is 2. The lowest BCUT2D eigenvalue weighted by Crippen LogP contribution is -2.39. The van der Waals surface area contributed by atoms with Crippen LogP contribution in [0.5, 0.6) is 0 Å². The number of carboxylic acid groups (broad SMARTS) is 1. The van der Waals surface area contributed by atoms with Crippen molar-refractivity contribution in [3.8, 4) is 0 Å². The van der Waals surface area contributed by atoms with Crippen molar-refractivity contribution in [3.63, 3.8) is 0 Å². The van der Waals surface area contributed by atoms with Crippen LogP contribution >= 0.6 is 0 Å². The second kappa shape index (κ2) is 4.85. The summed E-state index contributed by atoms with van der Waals surface area (Å²) < 4.78 is 0. The van der Waals surface area contributed by atoms with Crippen molar-refractivity contribution in [1.29, 1.82) is 0 Å². The van der Waals surface area contributed by atoms with E-state index in [-0.39, 0.29) is 6.42 Å². The third-order valence-corrected chi connectivity index (χ3v) is 3.62. The molecule has 0 radical (unpaired) electrons. The number of aliphatic carboxylic acids is 1. The summed E-state index contributed by atoms with van der Waals surface area (Å²) >= 11 is 0. The second-order valence-electron chi connectivity index (χ2n) is 4.98. The van der Waals surface area contributed by atoms with Crippen molar-refractivity contribution in [3.05, 3.63) is 0 Å². The molecule has 0 atom stereocenters. The van der Waals surface area contributed by atoms with E-state index in [2.05, 4.69) is 0 Å². The number of carbonyl (C=O) groups is 2. The van der Waals surface area contributed by atoms with Gasteiger partial charge < -0.3 is 10.0 Å². The van der Waals surface area contributed by atoms with Crippen molar-refractivity contribution < 1.29 is 14.7 Å². The zero-order valence-electron chi connectivity index (χ0n) is 9.52. The topological polar surface area (TPSA) is 57.6 Å². The maximum Gasteiger partial charge on any atom is 0.303 e. The molecule has 2 aliphatic rings. The van der Waals surface area contributed by atoms with E-state index in [1.165, 1.54) is 0 Å². The number of likely N-dealkylation sites (tertiary alicyclic amines) is 1. The molecule has 0 spiro atoms. The Labute approximate surface area is 95.6 Å². The van der Waals surface area contributed by atoms with Crippen LogP contribution in [0.25, 0.3) is 0 Å². The standard InChI is InChI=1S/C12H19NO3/c14-11(15)4-1-9-5-7-13(8-6-9)12(16)10-2-3-10/h9-10H,1-8H2,(H,14,15). The Morgan fingerprint density at radius 3 is 2.25 bits per heavy atom. The minimum Gasteiger partial charge on any atom is -0.481 e. The van der Waals surface area contributed by atoms with Gasteiger partial charge in [-0.15, -0.1) is 0 Å². The molecular weight excluding hydrogens is 206 g/mol. The highest BCUT2D eigenvalue weighted by Gasteiger charge is 2.34. The zero-order valence-corrected chi connectivity index (χ0v) is 9.52. The van der Waals surface area contributed by atoms with E-state index in [0.717, 1.165) is 45.2 Å². The fourth-order valence-corrected chi connectivity index (χ4v) is 2.36. The van der Waals surface area contributed by atoms with Gasteiger partial charge in [-0.3, -0.25) is 9.59 Å². The Hall–Kier alpha value is -1.06. The molecule has 4 nitrogen and oxygen atoms in total. The molecule has 16 heavy (non-hydrogen) atoms. The van der Waals surface area contributed by atoms with E-state index < -0.39 is 5.97 Å². The van der Waals surface area contributed by atoms with Crippen molar-refractivity contribution in [2.24, 2.45) is 11.8 Å². The predicted octanol–water partition coefficient (Wildman–Crippen LogP) is 1.50. The fraction of sp³-hybridized carbons (Fsp3) is 0.833. The van der Waals surface area contributed by atoms with E-state index >= 15 is 0 Å². The summed E-state index contributed by atoms with van der Waals surface area (Å²) in [5.74, 6) is 0.433. The van der Waals surface area contributed by atoms with Crippen LogP contribution in [0.3, 0.4) is 0 Å². The van der Waals surface area contributed by atoms with Crippen LogP contribution in [-0.2, 0) is 9.59 Å². The summed E-state index contributed by atoms with van der Waals surface area (Å²) in [6, 6.07) is 0. The molecule has 90 valence electrons. The summed E-state index contributed by atoms with van der Waals surface area (Å²) in [6.07, 6.45) is 5.12. The van der Waals surface area contributed by atoms with Crippen LogP contribution in [0.15, 0.2) is 0 Å². The number of carboxylic acids is 1. The van der Waals surface area contributed by atoms with Crippen LogP contribution in [0.4, 0.5) is 0 Å². The first-order valence-corrected chi connectivity index (χ1v) is 6.17. The highest BCUT2D eigenvalue weighted by atomic mass is 16.4. The van der Waals surface area contributed by atoms with E-state index in [1.54, 1.807) is 0 Å². The number of piperidine rings is 1. The van der Waals surface area contributed by atoms with Crippen LogP contribution in [0.1, 0.15) is 38.5 Å². The number of rotatable bonds is 4. The summed E-state index contributed by atoms with van der Waals surface area (Å²) in [5, 5.41) is 8.60. The Balaban J connectivity index is 1.69. The van der Waals surface area contributed by atoms with Gasteiger partial charge in [-0.05, 0) is 38.0 Å². The van der Waals surface area contributed by atoms with Gasteiger partial charge in [0, 0.05) is 25.4 Å². The van der Waals surface area contributed by atoms with E-state index in [4.69, 9.17) is 5.11 Å². The van der Waals surface area contributed by atoms with E-state index in [1.807, 2.05) is 4.90 Å². The van der Waals surface area contributed by atoms with Crippen molar-refractivity contribution in [1.82, 2.24) is 4.90 Å². The fourth-order valence-electron chi connectivity index (χ4n) is 2.36. The van der Waals surface area contributed by atoms with Gasteiger partial charge in [0.25, 0.3) is 0 Å². The lowest BCUT2D eigenvalue weighted by Gasteiger charge is -2.32. The van der Waals surface area contributed by atoms with Gasteiger partial charge in [-0.25, -0.2) is 0 Å². The molecule has 2 fully saturated rings. The van der Waals surface area contributed by atoms with E-state index in [9.17, 15) is 9.59 Å². The van der Waals surface area contributed by atoms with Crippen LogP contribution in [0, 0.1) is 11.8 Å². The van der Waals surface area contributed by atoms with Gasteiger partial charge in [0.05, 0.1) is 0 Å². The maximum atomic E-state index is 11.8. The van der Waals surface area contributed by atoms with Crippen molar-refractivity contribution >= 4 is 11.9 Å². The van der Waals surface area contributed by atoms with Gasteiger partial charge in [-0.1, -0.05) is 0 Å². The molecule has 1 amide bonds. The molecule has 1 saturated heterocycles. The normalized spacial score (nSPS) is 22.1. The second-order valence-corrected chi connectivity index (χ2v) is 4.98. The highest BCUT2D eigenvalue weighted by molar-refractivity contribution is 5.81. The Kier molecular flexibility index (Phi) is 3.46. The first-order chi connectivity index (χ1) is 7.66. The van der Waals surface area contributed by atoms with Crippen LogP contribution < -0.4 is 0 Å². The minimum atomic E-state index is -0.712. The quantitative estimate of drug-likeness (QED) is 0.788. The Morgan fingerprint density at radius 1 is 1.12 bits per heavy atom. The van der Waals surface area contributed by atoms with E-state index in [0.29, 0.717) is 17.7 Å². The monoisotopic (exact) mass is 225 g/mol. The van der Waals surface area contributed by atoms with Gasteiger partial charge in [0.2, 0.25) is 5.91 Å². The molecular formula is C12H19NO3. The molecule has 4 heteroatoms. The highest BCUT2D eigenvalue weighted by Crippen LogP contribution is 2.32. The lowest BCUT2D eigenvalue weighted by molar-refractivity contribution is -0.138. The Morgan fingerprint density at radius 2 is 1.75 bits per heavy atom. The smallest absolute Gasteiger partial charge is 0.303 e. The molecule has 0 unspecified atom stereocenters. The van der Waals surface area contributed by atoms with Gasteiger partial charge in [-0.2, -0.15) is 0 Å². The largest absolute Gasteiger partial charge is 0.481 e. The summed E-state index contributed by atoms with van der Waals surface area (Å²) in [6.45, 7) is 1.67. The lowest BCUT2D eigenvalue weighted by atomic mass is 9.92. The zero-order chi connectivity index (χ0) is 11.5. The molecule has 2 rings (SSSR count). The summed E-state index contributed by atoms with van der Waals surface area (Å²) in [5.41, 5.74) is 0. The molecule has 0 aromatic heterocycles. The predicted molar refractivity (Wildman–Crippen MR) is 58.9 cm³/mol. The summed E-state index contributed by atoms with van der Waals surface area (Å²) in [7, 11) is 0. The van der Waals surface area contributed by atoms with Crippen LogP contribution in [0.2, 0.25) is 0 Å². The van der Waals surface area contributed by atoms with Gasteiger partial charge in [0.15, 0.2) is 0 Å². The molecule has 0 aromatic rings. The molecule has 1 N–H and O–H groups in total. The number of nitrogens with zero attached hydrogens (tertiary/aromatic N) is 1. The SMILES string of the molecule is O=C(O)CCC1CCN(C(=O)C2CC2)CC1. The van der Waals surface area contributed by atoms with Crippen LogP contribution in [-0.4, -0.2) is 35.0 Å². The van der Waals surface area contributed by atoms with Gasteiger partial charge in [0.1, 0.15) is 0 Å². The molecule has 0 aromatic carbocycles.